The summed E-state index contributed by atoms with van der Waals surface area (Å²) in [5, 5.41) is 6.08. The predicted octanol–water partition coefficient (Wildman–Crippen LogP) is 2.40. The minimum absolute atomic E-state index is 0.129. The summed E-state index contributed by atoms with van der Waals surface area (Å²) in [6.07, 6.45) is 1.70. The first kappa shape index (κ1) is 18.9. The highest BCUT2D eigenvalue weighted by atomic mass is 32.2. The molecule has 1 aromatic heterocycles. The van der Waals surface area contributed by atoms with Gasteiger partial charge in [0.1, 0.15) is 5.76 Å². The molecule has 0 bridgehead atoms. The Morgan fingerprint density at radius 2 is 2.00 bits per heavy atom. The Labute approximate surface area is 143 Å². The SMILES string of the molecule is Cc1cc(NC(=O)C2CCN(S(=O)(=O)C(C)CC(C)C)CC2)no1. The van der Waals surface area contributed by atoms with Gasteiger partial charge in [0.05, 0.1) is 5.25 Å². The van der Waals surface area contributed by atoms with E-state index >= 15 is 0 Å². The molecule has 7 nitrogen and oxygen atoms in total. The van der Waals surface area contributed by atoms with Gasteiger partial charge in [-0.15, -0.1) is 0 Å². The zero-order chi connectivity index (χ0) is 17.9. The Bertz CT molecular complexity index is 661. The maximum absolute atomic E-state index is 12.6. The molecule has 2 heterocycles. The number of nitrogens with one attached hydrogen (secondary N) is 1. The molecule has 0 radical (unpaired) electrons. The van der Waals surface area contributed by atoms with E-state index < -0.39 is 10.0 Å². The minimum atomic E-state index is -3.29. The lowest BCUT2D eigenvalue weighted by Crippen LogP contribution is -2.44. The van der Waals surface area contributed by atoms with Crippen LogP contribution in [0.15, 0.2) is 10.6 Å². The topological polar surface area (TPSA) is 92.5 Å². The molecule has 8 heteroatoms. The summed E-state index contributed by atoms with van der Waals surface area (Å²) in [5.74, 6) is 1.04. The van der Waals surface area contributed by atoms with Crippen LogP contribution in [0.2, 0.25) is 0 Å². The zero-order valence-corrected chi connectivity index (χ0v) is 15.6. The molecule has 0 spiro atoms. The number of aromatic nitrogens is 1. The van der Waals surface area contributed by atoms with E-state index in [4.69, 9.17) is 4.52 Å². The fourth-order valence-corrected chi connectivity index (χ4v) is 4.92. The van der Waals surface area contributed by atoms with Crippen LogP contribution < -0.4 is 5.32 Å². The van der Waals surface area contributed by atoms with Crippen LogP contribution in [0.3, 0.4) is 0 Å². The number of rotatable bonds is 6. The number of nitrogens with zero attached hydrogens (tertiary/aromatic N) is 2. The minimum Gasteiger partial charge on any atom is -0.360 e. The molecule has 1 aliphatic heterocycles. The van der Waals surface area contributed by atoms with Gasteiger partial charge in [-0.05, 0) is 39.0 Å². The van der Waals surface area contributed by atoms with Gasteiger partial charge in [-0.25, -0.2) is 12.7 Å². The quantitative estimate of drug-likeness (QED) is 0.844. The molecule has 0 aliphatic carbocycles. The van der Waals surface area contributed by atoms with Crippen molar-refractivity contribution >= 4 is 21.7 Å². The van der Waals surface area contributed by atoms with Gasteiger partial charge in [-0.2, -0.15) is 0 Å². The number of aryl methyl sites for hydroxylation is 1. The Morgan fingerprint density at radius 3 is 2.50 bits per heavy atom. The molecule has 0 saturated carbocycles. The van der Waals surface area contributed by atoms with Crippen LogP contribution in [0, 0.1) is 18.8 Å². The standard InChI is InChI=1S/C16H27N3O4S/c1-11(2)9-13(4)24(21,22)19-7-5-14(6-8-19)16(20)17-15-10-12(3)23-18-15/h10-11,13-14H,5-9H2,1-4H3,(H,17,18,20). The van der Waals surface area contributed by atoms with Crippen molar-refractivity contribution in [1.82, 2.24) is 9.46 Å². The normalized spacial score (nSPS) is 18.7. The third-order valence-electron chi connectivity index (χ3n) is 4.38. The molecule has 0 aromatic carbocycles. The average Bonchev–Trinajstić information content (AvgIpc) is 2.91. The van der Waals surface area contributed by atoms with E-state index in [0.29, 0.717) is 49.8 Å². The monoisotopic (exact) mass is 357 g/mol. The Hall–Kier alpha value is -1.41. The Morgan fingerprint density at radius 1 is 1.38 bits per heavy atom. The highest BCUT2D eigenvalue weighted by Gasteiger charge is 2.34. The molecular weight excluding hydrogens is 330 g/mol. The summed E-state index contributed by atoms with van der Waals surface area (Å²) in [5.41, 5.74) is 0. The van der Waals surface area contributed by atoms with Crippen LogP contribution in [0.4, 0.5) is 5.82 Å². The van der Waals surface area contributed by atoms with Crippen molar-refractivity contribution in [3.8, 4) is 0 Å². The molecule has 2 rings (SSSR count). The lowest BCUT2D eigenvalue weighted by molar-refractivity contribution is -0.120. The first-order valence-corrected chi connectivity index (χ1v) is 9.93. The summed E-state index contributed by atoms with van der Waals surface area (Å²) in [7, 11) is -3.29. The number of carbonyl (C=O) groups excluding carboxylic acids is 1. The van der Waals surface area contributed by atoms with E-state index in [1.54, 1.807) is 19.9 Å². The number of piperidine rings is 1. The van der Waals surface area contributed by atoms with Crippen molar-refractivity contribution in [1.29, 1.82) is 0 Å². The molecule has 1 aromatic rings. The van der Waals surface area contributed by atoms with Crippen molar-refractivity contribution in [3.05, 3.63) is 11.8 Å². The molecule has 1 fully saturated rings. The molecule has 1 saturated heterocycles. The number of anilines is 1. The van der Waals surface area contributed by atoms with Gasteiger partial charge in [0.2, 0.25) is 15.9 Å². The lowest BCUT2D eigenvalue weighted by Gasteiger charge is -2.32. The van der Waals surface area contributed by atoms with Crippen LogP contribution in [0.1, 0.15) is 45.8 Å². The van der Waals surface area contributed by atoms with Gasteiger partial charge in [0.15, 0.2) is 5.82 Å². The van der Waals surface area contributed by atoms with Crippen LogP contribution in [0.25, 0.3) is 0 Å². The maximum atomic E-state index is 12.6. The molecular formula is C16H27N3O4S. The van der Waals surface area contributed by atoms with Gasteiger partial charge < -0.3 is 9.84 Å². The van der Waals surface area contributed by atoms with Crippen molar-refractivity contribution in [3.63, 3.8) is 0 Å². The van der Waals surface area contributed by atoms with Crippen molar-refractivity contribution in [2.45, 2.75) is 52.2 Å². The second-order valence-electron chi connectivity index (χ2n) is 6.97. The average molecular weight is 357 g/mol. The fraction of sp³-hybridized carbons (Fsp3) is 0.750. The van der Waals surface area contributed by atoms with Crippen LogP contribution >= 0.6 is 0 Å². The first-order valence-electron chi connectivity index (χ1n) is 8.43. The predicted molar refractivity (Wildman–Crippen MR) is 92.0 cm³/mol. The highest BCUT2D eigenvalue weighted by Crippen LogP contribution is 2.25. The summed E-state index contributed by atoms with van der Waals surface area (Å²) in [6, 6.07) is 1.66. The molecule has 136 valence electrons. The molecule has 1 amide bonds. The number of sulfonamides is 1. The number of hydrogen-bond acceptors (Lipinski definition) is 5. The van der Waals surface area contributed by atoms with Gasteiger partial charge in [0.25, 0.3) is 0 Å². The molecule has 1 aliphatic rings. The van der Waals surface area contributed by atoms with E-state index in [1.165, 1.54) is 4.31 Å². The van der Waals surface area contributed by atoms with E-state index in [1.807, 2.05) is 13.8 Å². The fourth-order valence-electron chi connectivity index (χ4n) is 3.07. The van der Waals surface area contributed by atoms with E-state index in [2.05, 4.69) is 10.5 Å². The molecule has 24 heavy (non-hydrogen) atoms. The largest absolute Gasteiger partial charge is 0.360 e. The third kappa shape index (κ3) is 4.57. The summed E-state index contributed by atoms with van der Waals surface area (Å²) in [6.45, 7) is 8.34. The van der Waals surface area contributed by atoms with Crippen molar-refractivity contribution < 1.29 is 17.7 Å². The second-order valence-corrected chi connectivity index (χ2v) is 9.32. The van der Waals surface area contributed by atoms with Crippen molar-refractivity contribution in [2.24, 2.45) is 11.8 Å². The van der Waals surface area contributed by atoms with E-state index in [9.17, 15) is 13.2 Å². The Balaban J connectivity index is 1.89. The van der Waals surface area contributed by atoms with E-state index in [0.717, 1.165) is 0 Å². The van der Waals surface area contributed by atoms with Crippen LogP contribution in [-0.4, -0.2) is 42.1 Å². The first-order chi connectivity index (χ1) is 11.2. The second kappa shape index (κ2) is 7.65. The third-order valence-corrected chi connectivity index (χ3v) is 6.67. The Kier molecular flexibility index (Phi) is 6.03. The van der Waals surface area contributed by atoms with Gasteiger partial charge in [-0.3, -0.25) is 4.79 Å². The lowest BCUT2D eigenvalue weighted by atomic mass is 9.97. The molecule has 1 unspecified atom stereocenters. The number of amides is 1. The summed E-state index contributed by atoms with van der Waals surface area (Å²) < 4.78 is 31.6. The van der Waals surface area contributed by atoms with Gasteiger partial charge in [-0.1, -0.05) is 19.0 Å². The van der Waals surface area contributed by atoms with E-state index in [-0.39, 0.29) is 17.1 Å². The maximum Gasteiger partial charge on any atom is 0.228 e. The van der Waals surface area contributed by atoms with Crippen LogP contribution in [0.5, 0.6) is 0 Å². The van der Waals surface area contributed by atoms with Gasteiger partial charge in [0, 0.05) is 25.1 Å². The summed E-state index contributed by atoms with van der Waals surface area (Å²) in [4.78, 5) is 12.3. The highest BCUT2D eigenvalue weighted by molar-refractivity contribution is 7.89. The van der Waals surface area contributed by atoms with Gasteiger partial charge >= 0.3 is 0 Å². The number of carbonyl (C=O) groups is 1. The van der Waals surface area contributed by atoms with Crippen molar-refractivity contribution in [2.75, 3.05) is 18.4 Å². The molecule has 1 N–H and O–H groups in total. The smallest absolute Gasteiger partial charge is 0.228 e. The summed E-state index contributed by atoms with van der Waals surface area (Å²) >= 11 is 0. The molecule has 1 atom stereocenters. The van der Waals surface area contributed by atoms with Crippen LogP contribution in [-0.2, 0) is 14.8 Å². The zero-order valence-electron chi connectivity index (χ0n) is 14.8. The number of hydrogen-bond donors (Lipinski definition) is 1.